The first kappa shape index (κ1) is 21.4. The quantitative estimate of drug-likeness (QED) is 0.575. The molecular formula is C22H27N7O4. The van der Waals surface area contributed by atoms with E-state index in [0.717, 1.165) is 30.2 Å². The van der Waals surface area contributed by atoms with Crippen molar-refractivity contribution in [1.29, 1.82) is 0 Å². The summed E-state index contributed by atoms with van der Waals surface area (Å²) in [4.78, 5) is 31.1. The van der Waals surface area contributed by atoms with Gasteiger partial charge in [-0.25, -0.2) is 9.67 Å². The number of aryl methyl sites for hydroxylation is 1. The molecule has 1 saturated heterocycles. The molecule has 3 aromatic heterocycles. The molecule has 0 aromatic carbocycles. The lowest BCUT2D eigenvalue weighted by Crippen LogP contribution is -2.33. The van der Waals surface area contributed by atoms with Crippen molar-refractivity contribution in [2.45, 2.75) is 31.9 Å². The van der Waals surface area contributed by atoms with E-state index < -0.39 is 0 Å². The van der Waals surface area contributed by atoms with E-state index in [4.69, 9.17) is 9.47 Å². The van der Waals surface area contributed by atoms with Crippen LogP contribution in [0.1, 0.15) is 19.3 Å². The number of rotatable bonds is 7. The Morgan fingerprint density at radius 2 is 2.03 bits per heavy atom. The minimum Gasteiger partial charge on any atom is -0.481 e. The highest BCUT2D eigenvalue weighted by Gasteiger charge is 2.30. The highest BCUT2D eigenvalue weighted by atomic mass is 16.5. The third-order valence-electron chi connectivity index (χ3n) is 6.29. The van der Waals surface area contributed by atoms with Crippen LogP contribution in [0.25, 0.3) is 22.2 Å². The number of pyridine rings is 1. The topological polar surface area (TPSA) is 116 Å². The van der Waals surface area contributed by atoms with Gasteiger partial charge in [0.1, 0.15) is 18.1 Å². The summed E-state index contributed by atoms with van der Waals surface area (Å²) in [5, 5.41) is 12.8. The second kappa shape index (κ2) is 8.47. The molecule has 3 aromatic rings. The average Bonchev–Trinajstić information content (AvgIpc) is 3.29. The number of carbonyl (C=O) groups excluding carboxylic acids is 2. The van der Waals surface area contributed by atoms with Crippen LogP contribution in [-0.2, 0) is 27.9 Å². The molecule has 4 heterocycles. The molecule has 11 heteroatoms. The van der Waals surface area contributed by atoms with Gasteiger partial charge in [0, 0.05) is 38.6 Å². The highest BCUT2D eigenvalue weighted by molar-refractivity contribution is 5.99. The Bertz CT molecular complexity index is 1210. The third-order valence-corrected chi connectivity index (χ3v) is 6.29. The van der Waals surface area contributed by atoms with E-state index in [1.54, 1.807) is 40.9 Å². The zero-order valence-corrected chi connectivity index (χ0v) is 18.9. The van der Waals surface area contributed by atoms with Crippen molar-refractivity contribution in [2.24, 2.45) is 13.0 Å². The molecule has 1 saturated carbocycles. The predicted molar refractivity (Wildman–Crippen MR) is 120 cm³/mol. The molecule has 1 atom stereocenters. The van der Waals surface area contributed by atoms with Crippen LogP contribution in [0.15, 0.2) is 18.5 Å². The maximum absolute atomic E-state index is 12.8. The van der Waals surface area contributed by atoms with Crippen LogP contribution in [0.4, 0.5) is 5.82 Å². The SMILES string of the molecule is COc1c(-c2nn(C)c3cnc(NC(=O)C4CC4)cc23)cnn1CC(=O)N1CC[C@H](OC)C1. The first-order valence-electron chi connectivity index (χ1n) is 11.0. The number of aromatic nitrogens is 5. The van der Waals surface area contributed by atoms with Gasteiger partial charge in [-0.05, 0) is 25.3 Å². The number of nitrogens with one attached hydrogen (secondary N) is 1. The molecule has 0 bridgehead atoms. The summed E-state index contributed by atoms with van der Waals surface area (Å²) < 4.78 is 14.3. The molecule has 0 unspecified atom stereocenters. The molecular weight excluding hydrogens is 426 g/mol. The number of likely N-dealkylation sites (tertiary alicyclic amines) is 1. The van der Waals surface area contributed by atoms with Gasteiger partial charge in [-0.2, -0.15) is 10.2 Å². The minimum absolute atomic E-state index is 0.00572. The van der Waals surface area contributed by atoms with Crippen LogP contribution in [0, 0.1) is 5.92 Å². The van der Waals surface area contributed by atoms with Crippen molar-refractivity contribution in [2.75, 3.05) is 32.6 Å². The second-order valence-corrected chi connectivity index (χ2v) is 8.53. The number of fused-ring (bicyclic) bond motifs is 1. The van der Waals surface area contributed by atoms with E-state index in [1.165, 1.54) is 0 Å². The maximum atomic E-state index is 12.8. The van der Waals surface area contributed by atoms with E-state index in [9.17, 15) is 9.59 Å². The molecule has 174 valence electrons. The van der Waals surface area contributed by atoms with Crippen LogP contribution >= 0.6 is 0 Å². The van der Waals surface area contributed by atoms with Gasteiger partial charge in [-0.15, -0.1) is 0 Å². The summed E-state index contributed by atoms with van der Waals surface area (Å²) >= 11 is 0. The lowest BCUT2D eigenvalue weighted by molar-refractivity contribution is -0.131. The second-order valence-electron chi connectivity index (χ2n) is 8.53. The Kier molecular flexibility index (Phi) is 5.49. The first-order chi connectivity index (χ1) is 16.0. The number of anilines is 1. The van der Waals surface area contributed by atoms with Gasteiger partial charge in [0.15, 0.2) is 0 Å². The Balaban J connectivity index is 1.44. The van der Waals surface area contributed by atoms with Crippen LogP contribution < -0.4 is 10.1 Å². The fourth-order valence-electron chi connectivity index (χ4n) is 4.23. The van der Waals surface area contributed by atoms with Crippen molar-refractivity contribution < 1.29 is 19.1 Å². The van der Waals surface area contributed by atoms with Crippen molar-refractivity contribution >= 4 is 28.5 Å². The molecule has 1 aliphatic carbocycles. The smallest absolute Gasteiger partial charge is 0.244 e. The lowest BCUT2D eigenvalue weighted by atomic mass is 10.1. The van der Waals surface area contributed by atoms with Crippen molar-refractivity contribution in [3.05, 3.63) is 18.5 Å². The first-order valence-corrected chi connectivity index (χ1v) is 11.0. The normalized spacial score (nSPS) is 18.2. The Labute approximate surface area is 190 Å². The molecule has 5 rings (SSSR count). The number of hydrogen-bond donors (Lipinski definition) is 1. The van der Waals surface area contributed by atoms with Gasteiger partial charge >= 0.3 is 0 Å². The number of methoxy groups -OCH3 is 2. The monoisotopic (exact) mass is 453 g/mol. The summed E-state index contributed by atoms with van der Waals surface area (Å²) in [6, 6.07) is 1.81. The largest absolute Gasteiger partial charge is 0.481 e. The number of amides is 2. The number of hydrogen-bond acceptors (Lipinski definition) is 7. The van der Waals surface area contributed by atoms with Gasteiger partial charge in [-0.1, -0.05) is 0 Å². The molecule has 33 heavy (non-hydrogen) atoms. The predicted octanol–water partition coefficient (Wildman–Crippen LogP) is 1.44. The van der Waals surface area contributed by atoms with Crippen molar-refractivity contribution in [3.8, 4) is 17.1 Å². The molecule has 2 fully saturated rings. The van der Waals surface area contributed by atoms with Gasteiger partial charge < -0.3 is 19.7 Å². The molecule has 2 aliphatic rings. The van der Waals surface area contributed by atoms with Gasteiger partial charge in [0.2, 0.25) is 17.7 Å². The molecule has 11 nitrogen and oxygen atoms in total. The fraction of sp³-hybridized carbons (Fsp3) is 0.500. The van der Waals surface area contributed by atoms with Gasteiger partial charge in [-0.3, -0.25) is 14.3 Å². The highest BCUT2D eigenvalue weighted by Crippen LogP contribution is 2.35. The van der Waals surface area contributed by atoms with E-state index in [0.29, 0.717) is 36.0 Å². The van der Waals surface area contributed by atoms with Crippen LogP contribution in [-0.4, -0.2) is 74.7 Å². The molecule has 0 spiro atoms. The maximum Gasteiger partial charge on any atom is 0.244 e. The number of carbonyl (C=O) groups is 2. The standard InChI is InChI=1S/C22H27N7O4/c1-27-17-10-23-18(25-21(31)13-4-5-13)8-15(17)20(26-27)16-9-24-29(22(16)33-3)12-19(30)28-7-6-14(11-28)32-2/h8-10,13-14H,4-7,11-12H2,1-3H3,(H,23,25,31)/t14-/m0/s1. The summed E-state index contributed by atoms with van der Waals surface area (Å²) in [6.45, 7) is 1.31. The fourth-order valence-corrected chi connectivity index (χ4v) is 4.23. The van der Waals surface area contributed by atoms with E-state index in [-0.39, 0.29) is 30.4 Å². The van der Waals surface area contributed by atoms with Gasteiger partial charge in [0.05, 0.1) is 36.7 Å². The minimum atomic E-state index is -0.0392. The summed E-state index contributed by atoms with van der Waals surface area (Å²) in [5.74, 6) is 0.973. The van der Waals surface area contributed by atoms with E-state index >= 15 is 0 Å². The van der Waals surface area contributed by atoms with Crippen LogP contribution in [0.5, 0.6) is 5.88 Å². The van der Waals surface area contributed by atoms with Crippen molar-refractivity contribution in [3.63, 3.8) is 0 Å². The number of nitrogens with zero attached hydrogens (tertiary/aromatic N) is 6. The Morgan fingerprint density at radius 1 is 1.21 bits per heavy atom. The third kappa shape index (κ3) is 4.04. The molecule has 2 amide bonds. The Morgan fingerprint density at radius 3 is 2.73 bits per heavy atom. The molecule has 1 N–H and O–H groups in total. The summed E-state index contributed by atoms with van der Waals surface area (Å²) in [5.41, 5.74) is 2.12. The Hall–Kier alpha value is -3.47. The van der Waals surface area contributed by atoms with Crippen LogP contribution in [0.2, 0.25) is 0 Å². The van der Waals surface area contributed by atoms with E-state index in [1.807, 2.05) is 13.1 Å². The summed E-state index contributed by atoms with van der Waals surface area (Å²) in [6.07, 6.45) is 6.09. The van der Waals surface area contributed by atoms with Gasteiger partial charge in [0.25, 0.3) is 0 Å². The molecule has 0 radical (unpaired) electrons. The zero-order chi connectivity index (χ0) is 23.1. The number of ether oxygens (including phenoxy) is 2. The van der Waals surface area contributed by atoms with Crippen LogP contribution in [0.3, 0.4) is 0 Å². The van der Waals surface area contributed by atoms with E-state index in [2.05, 4.69) is 20.5 Å². The summed E-state index contributed by atoms with van der Waals surface area (Å²) in [7, 11) is 5.04. The zero-order valence-electron chi connectivity index (χ0n) is 18.9. The van der Waals surface area contributed by atoms with Crippen molar-refractivity contribution in [1.82, 2.24) is 29.4 Å². The lowest BCUT2D eigenvalue weighted by Gasteiger charge is -2.16. The molecule has 1 aliphatic heterocycles. The average molecular weight is 454 g/mol.